The standard InChI is InChI=1S/C16H16F3NO/c1-9-4-2-3-5-11(9)12(8-20)16(21)15-13(18)6-10(17)7-14(15)19/h2-7,12,16,21H,8,20H2,1H3. The van der Waals surface area contributed by atoms with E-state index in [1.54, 1.807) is 12.1 Å². The molecule has 0 radical (unpaired) electrons. The fourth-order valence-electron chi connectivity index (χ4n) is 2.47. The molecule has 5 heteroatoms. The third-order valence-electron chi connectivity index (χ3n) is 3.56. The molecule has 0 amide bonds. The van der Waals surface area contributed by atoms with Crippen molar-refractivity contribution in [3.8, 4) is 0 Å². The van der Waals surface area contributed by atoms with Crippen molar-refractivity contribution >= 4 is 0 Å². The predicted molar refractivity (Wildman–Crippen MR) is 74.3 cm³/mol. The average Bonchev–Trinajstić information content (AvgIpc) is 2.40. The van der Waals surface area contributed by atoms with Gasteiger partial charge in [0.05, 0.1) is 11.7 Å². The largest absolute Gasteiger partial charge is 0.388 e. The Morgan fingerprint density at radius 1 is 1.10 bits per heavy atom. The predicted octanol–water partition coefficient (Wildman–Crippen LogP) is 3.19. The van der Waals surface area contributed by atoms with E-state index in [1.807, 2.05) is 19.1 Å². The highest BCUT2D eigenvalue weighted by molar-refractivity contribution is 5.34. The molecule has 0 spiro atoms. The van der Waals surface area contributed by atoms with Gasteiger partial charge in [0, 0.05) is 24.6 Å². The highest BCUT2D eigenvalue weighted by Gasteiger charge is 2.28. The van der Waals surface area contributed by atoms with Gasteiger partial charge in [-0.15, -0.1) is 0 Å². The van der Waals surface area contributed by atoms with E-state index in [9.17, 15) is 18.3 Å². The Morgan fingerprint density at radius 3 is 2.19 bits per heavy atom. The highest BCUT2D eigenvalue weighted by Crippen LogP contribution is 2.34. The maximum atomic E-state index is 13.8. The molecule has 0 heterocycles. The van der Waals surface area contributed by atoms with Gasteiger partial charge in [0.2, 0.25) is 0 Å². The van der Waals surface area contributed by atoms with E-state index in [-0.39, 0.29) is 6.54 Å². The number of halogens is 3. The van der Waals surface area contributed by atoms with Gasteiger partial charge in [-0.25, -0.2) is 13.2 Å². The average molecular weight is 295 g/mol. The summed E-state index contributed by atoms with van der Waals surface area (Å²) >= 11 is 0. The Morgan fingerprint density at radius 2 is 1.67 bits per heavy atom. The molecule has 3 N–H and O–H groups in total. The van der Waals surface area contributed by atoms with Crippen molar-refractivity contribution in [1.29, 1.82) is 0 Å². The van der Waals surface area contributed by atoms with Crippen LogP contribution >= 0.6 is 0 Å². The van der Waals surface area contributed by atoms with Gasteiger partial charge >= 0.3 is 0 Å². The van der Waals surface area contributed by atoms with Gasteiger partial charge in [0.15, 0.2) is 0 Å². The van der Waals surface area contributed by atoms with Crippen LogP contribution in [0.4, 0.5) is 13.2 Å². The second kappa shape index (κ2) is 6.28. The maximum absolute atomic E-state index is 13.8. The van der Waals surface area contributed by atoms with Gasteiger partial charge in [-0.3, -0.25) is 0 Å². The minimum Gasteiger partial charge on any atom is -0.388 e. The molecule has 21 heavy (non-hydrogen) atoms. The number of hydrogen-bond donors (Lipinski definition) is 2. The first kappa shape index (κ1) is 15.5. The molecule has 0 aromatic heterocycles. The first-order valence-electron chi connectivity index (χ1n) is 6.53. The number of nitrogens with two attached hydrogens (primary N) is 1. The SMILES string of the molecule is Cc1ccccc1C(CN)C(O)c1c(F)cc(F)cc1F. The Hall–Kier alpha value is -1.85. The van der Waals surface area contributed by atoms with Crippen LogP contribution in [-0.2, 0) is 0 Å². The van der Waals surface area contributed by atoms with Gasteiger partial charge < -0.3 is 10.8 Å². The number of rotatable bonds is 4. The van der Waals surface area contributed by atoms with Crippen molar-refractivity contribution in [1.82, 2.24) is 0 Å². The van der Waals surface area contributed by atoms with Crippen molar-refractivity contribution in [2.75, 3.05) is 6.54 Å². The molecule has 112 valence electrons. The number of aliphatic hydroxyl groups is 1. The van der Waals surface area contributed by atoms with E-state index >= 15 is 0 Å². The molecule has 0 fully saturated rings. The second-order valence-electron chi connectivity index (χ2n) is 4.93. The first-order valence-corrected chi connectivity index (χ1v) is 6.53. The molecule has 0 saturated heterocycles. The molecule has 2 nitrogen and oxygen atoms in total. The lowest BCUT2D eigenvalue weighted by Gasteiger charge is -2.24. The van der Waals surface area contributed by atoms with Crippen LogP contribution in [0.3, 0.4) is 0 Å². The lowest BCUT2D eigenvalue weighted by molar-refractivity contribution is 0.138. The lowest BCUT2D eigenvalue weighted by Crippen LogP contribution is -2.22. The van der Waals surface area contributed by atoms with Gasteiger partial charge in [0.25, 0.3) is 0 Å². The van der Waals surface area contributed by atoms with Gasteiger partial charge in [0.1, 0.15) is 17.5 Å². The van der Waals surface area contributed by atoms with E-state index in [2.05, 4.69) is 0 Å². The molecule has 2 aromatic rings. The monoisotopic (exact) mass is 295 g/mol. The normalized spacial score (nSPS) is 14.0. The molecule has 2 unspecified atom stereocenters. The molecule has 0 aliphatic carbocycles. The Bertz CT molecular complexity index is 622. The van der Waals surface area contributed by atoms with E-state index < -0.39 is 35.0 Å². The minimum absolute atomic E-state index is 0.00226. The summed E-state index contributed by atoms with van der Waals surface area (Å²) in [6.07, 6.45) is -1.49. The number of benzene rings is 2. The van der Waals surface area contributed by atoms with Crippen LogP contribution in [0.5, 0.6) is 0 Å². The lowest BCUT2D eigenvalue weighted by atomic mass is 9.86. The van der Waals surface area contributed by atoms with Crippen LogP contribution in [-0.4, -0.2) is 11.7 Å². The molecule has 0 aliphatic rings. The molecule has 0 saturated carbocycles. The van der Waals surface area contributed by atoms with Crippen LogP contribution in [0, 0.1) is 24.4 Å². The van der Waals surface area contributed by atoms with Crippen LogP contribution in [0.15, 0.2) is 36.4 Å². The smallest absolute Gasteiger partial charge is 0.134 e. The highest BCUT2D eigenvalue weighted by atomic mass is 19.1. The summed E-state index contributed by atoms with van der Waals surface area (Å²) in [5.74, 6) is -3.94. The van der Waals surface area contributed by atoms with Crippen molar-refractivity contribution in [2.24, 2.45) is 5.73 Å². The molecule has 2 rings (SSSR count). The number of aryl methyl sites for hydroxylation is 1. The third-order valence-corrected chi connectivity index (χ3v) is 3.56. The molecular weight excluding hydrogens is 279 g/mol. The van der Waals surface area contributed by atoms with Crippen LogP contribution in [0.1, 0.15) is 28.7 Å². The zero-order chi connectivity index (χ0) is 15.6. The van der Waals surface area contributed by atoms with Crippen molar-refractivity contribution in [2.45, 2.75) is 18.9 Å². The van der Waals surface area contributed by atoms with Crippen molar-refractivity contribution in [3.63, 3.8) is 0 Å². The van der Waals surface area contributed by atoms with E-state index in [0.29, 0.717) is 17.7 Å². The van der Waals surface area contributed by atoms with E-state index in [4.69, 9.17) is 5.73 Å². The van der Waals surface area contributed by atoms with E-state index in [0.717, 1.165) is 5.56 Å². The zero-order valence-corrected chi connectivity index (χ0v) is 11.5. The number of hydrogen-bond acceptors (Lipinski definition) is 2. The fourth-order valence-corrected chi connectivity index (χ4v) is 2.47. The van der Waals surface area contributed by atoms with Crippen molar-refractivity contribution < 1.29 is 18.3 Å². The summed E-state index contributed by atoms with van der Waals surface area (Å²) in [4.78, 5) is 0. The van der Waals surface area contributed by atoms with Crippen LogP contribution < -0.4 is 5.73 Å². The molecule has 2 aromatic carbocycles. The third kappa shape index (κ3) is 3.09. The van der Waals surface area contributed by atoms with E-state index in [1.165, 1.54) is 0 Å². The van der Waals surface area contributed by atoms with Gasteiger partial charge in [-0.1, -0.05) is 24.3 Å². The first-order chi connectivity index (χ1) is 9.95. The Balaban J connectivity index is 2.47. The van der Waals surface area contributed by atoms with Gasteiger partial charge in [-0.05, 0) is 18.1 Å². The number of aliphatic hydroxyl groups excluding tert-OH is 1. The molecule has 0 bridgehead atoms. The molecular formula is C16H16F3NO. The second-order valence-corrected chi connectivity index (χ2v) is 4.93. The summed E-state index contributed by atoms with van der Waals surface area (Å²) < 4.78 is 40.5. The van der Waals surface area contributed by atoms with Crippen LogP contribution in [0.25, 0.3) is 0 Å². The topological polar surface area (TPSA) is 46.2 Å². The summed E-state index contributed by atoms with van der Waals surface area (Å²) in [5, 5.41) is 10.3. The summed E-state index contributed by atoms with van der Waals surface area (Å²) in [7, 11) is 0. The van der Waals surface area contributed by atoms with Gasteiger partial charge in [-0.2, -0.15) is 0 Å². The zero-order valence-electron chi connectivity index (χ0n) is 11.5. The summed E-state index contributed by atoms with van der Waals surface area (Å²) in [5.41, 5.74) is 6.66. The summed E-state index contributed by atoms with van der Waals surface area (Å²) in [6, 6.07) is 8.24. The minimum atomic E-state index is -1.49. The Kier molecular flexibility index (Phi) is 4.65. The molecule has 0 aliphatic heterocycles. The summed E-state index contributed by atoms with van der Waals surface area (Å²) in [6.45, 7) is 1.82. The fraction of sp³-hybridized carbons (Fsp3) is 0.250. The van der Waals surface area contributed by atoms with Crippen LogP contribution in [0.2, 0.25) is 0 Å². The maximum Gasteiger partial charge on any atom is 0.134 e. The van der Waals surface area contributed by atoms with Crippen molar-refractivity contribution in [3.05, 3.63) is 70.5 Å². The quantitative estimate of drug-likeness (QED) is 0.910. The Labute approximate surface area is 121 Å². The molecule has 2 atom stereocenters.